The van der Waals surface area contributed by atoms with Crippen molar-refractivity contribution in [1.82, 2.24) is 4.90 Å². The summed E-state index contributed by atoms with van der Waals surface area (Å²) in [5.74, 6) is 0.622. The van der Waals surface area contributed by atoms with Gasteiger partial charge in [0.15, 0.2) is 0 Å². The van der Waals surface area contributed by atoms with Crippen molar-refractivity contribution in [2.45, 2.75) is 46.6 Å². The van der Waals surface area contributed by atoms with E-state index in [0.29, 0.717) is 23.3 Å². The molecule has 0 heterocycles. The highest BCUT2D eigenvalue weighted by Crippen LogP contribution is 2.45. The molecule has 13 heavy (non-hydrogen) atoms. The smallest absolute Gasteiger partial charge is 0.225 e. The van der Waals surface area contributed by atoms with Crippen LogP contribution in [-0.2, 0) is 4.79 Å². The molecule has 2 nitrogen and oxygen atoms in total. The second-order valence-electron chi connectivity index (χ2n) is 5.31. The van der Waals surface area contributed by atoms with Crippen LogP contribution in [0.4, 0.5) is 0 Å². The lowest BCUT2D eigenvalue weighted by atomic mass is 9.64. The summed E-state index contributed by atoms with van der Waals surface area (Å²) in [5, 5.41) is 0. The van der Waals surface area contributed by atoms with Crippen LogP contribution in [0.5, 0.6) is 0 Å². The van der Waals surface area contributed by atoms with Crippen LogP contribution in [0, 0.1) is 11.3 Å². The summed E-state index contributed by atoms with van der Waals surface area (Å²) in [6.45, 7) is 8.57. The SMILES string of the molecule is CC(C)N(C)C(=O)C1CC(C)(C)C1. The van der Waals surface area contributed by atoms with Gasteiger partial charge in [-0.1, -0.05) is 13.8 Å². The molecular weight excluding hydrogens is 162 g/mol. The summed E-state index contributed by atoms with van der Waals surface area (Å²) < 4.78 is 0. The molecule has 76 valence electrons. The predicted octanol–water partition coefficient (Wildman–Crippen LogP) is 2.29. The lowest BCUT2D eigenvalue weighted by molar-refractivity contribution is -0.142. The van der Waals surface area contributed by atoms with Crippen molar-refractivity contribution in [3.05, 3.63) is 0 Å². The zero-order chi connectivity index (χ0) is 10.2. The van der Waals surface area contributed by atoms with Crippen molar-refractivity contribution in [3.63, 3.8) is 0 Å². The van der Waals surface area contributed by atoms with Gasteiger partial charge in [-0.05, 0) is 32.1 Å². The summed E-state index contributed by atoms with van der Waals surface area (Å²) in [7, 11) is 1.90. The molecule has 0 saturated heterocycles. The standard InChI is InChI=1S/C11H21NO/c1-8(2)12(5)10(13)9-6-11(3,4)7-9/h8-9H,6-7H2,1-5H3. The van der Waals surface area contributed by atoms with E-state index >= 15 is 0 Å². The van der Waals surface area contributed by atoms with E-state index in [2.05, 4.69) is 27.7 Å². The third-order valence-corrected chi connectivity index (χ3v) is 3.07. The second-order valence-corrected chi connectivity index (χ2v) is 5.31. The molecule has 1 rings (SSSR count). The van der Waals surface area contributed by atoms with E-state index in [1.54, 1.807) is 0 Å². The third kappa shape index (κ3) is 2.23. The van der Waals surface area contributed by atoms with Gasteiger partial charge < -0.3 is 4.90 Å². The Morgan fingerprint density at radius 3 is 2.15 bits per heavy atom. The largest absolute Gasteiger partial charge is 0.343 e. The Balaban J connectivity index is 2.43. The fourth-order valence-electron chi connectivity index (χ4n) is 1.99. The van der Waals surface area contributed by atoms with Gasteiger partial charge in [0.2, 0.25) is 5.91 Å². The van der Waals surface area contributed by atoms with Gasteiger partial charge in [-0.15, -0.1) is 0 Å². The molecule has 1 fully saturated rings. The highest BCUT2D eigenvalue weighted by molar-refractivity contribution is 5.79. The Morgan fingerprint density at radius 1 is 1.38 bits per heavy atom. The van der Waals surface area contributed by atoms with Crippen LogP contribution in [0.15, 0.2) is 0 Å². The van der Waals surface area contributed by atoms with Crippen molar-refractivity contribution in [3.8, 4) is 0 Å². The molecular formula is C11H21NO. The van der Waals surface area contributed by atoms with E-state index in [0.717, 1.165) is 12.8 Å². The maximum absolute atomic E-state index is 11.8. The number of nitrogens with zero attached hydrogens (tertiary/aromatic N) is 1. The Bertz CT molecular complexity index is 200. The Labute approximate surface area is 81.3 Å². The van der Waals surface area contributed by atoms with Crippen molar-refractivity contribution >= 4 is 5.91 Å². The van der Waals surface area contributed by atoms with Crippen LogP contribution < -0.4 is 0 Å². The number of carbonyl (C=O) groups excluding carboxylic acids is 1. The van der Waals surface area contributed by atoms with Gasteiger partial charge in [0, 0.05) is 19.0 Å². The van der Waals surface area contributed by atoms with Gasteiger partial charge >= 0.3 is 0 Å². The van der Waals surface area contributed by atoms with E-state index in [1.165, 1.54) is 0 Å². The Hall–Kier alpha value is -0.530. The minimum atomic E-state index is 0.294. The van der Waals surface area contributed by atoms with Gasteiger partial charge in [-0.25, -0.2) is 0 Å². The molecule has 1 amide bonds. The maximum atomic E-state index is 11.8. The summed E-state index contributed by atoms with van der Waals surface area (Å²) in [6, 6.07) is 0.330. The molecule has 0 aromatic heterocycles. The first kappa shape index (κ1) is 10.6. The summed E-state index contributed by atoms with van der Waals surface area (Å²) in [6.07, 6.45) is 2.12. The molecule has 0 aromatic rings. The first-order valence-electron chi connectivity index (χ1n) is 5.10. The summed E-state index contributed by atoms with van der Waals surface area (Å²) >= 11 is 0. The molecule has 0 radical (unpaired) electrons. The zero-order valence-electron chi connectivity index (χ0n) is 9.42. The van der Waals surface area contributed by atoms with Crippen LogP contribution >= 0.6 is 0 Å². The monoisotopic (exact) mass is 183 g/mol. The Kier molecular flexibility index (Phi) is 2.69. The molecule has 0 spiro atoms. The lowest BCUT2D eigenvalue weighted by Gasteiger charge is -2.43. The van der Waals surface area contributed by atoms with Gasteiger partial charge in [0.25, 0.3) is 0 Å². The van der Waals surface area contributed by atoms with E-state index < -0.39 is 0 Å². The van der Waals surface area contributed by atoms with Gasteiger partial charge in [0.05, 0.1) is 0 Å². The van der Waals surface area contributed by atoms with Crippen LogP contribution in [0.25, 0.3) is 0 Å². The van der Waals surface area contributed by atoms with Gasteiger partial charge in [-0.3, -0.25) is 4.79 Å². The van der Waals surface area contributed by atoms with E-state index in [1.807, 2.05) is 11.9 Å². The van der Waals surface area contributed by atoms with Crippen LogP contribution in [0.3, 0.4) is 0 Å². The van der Waals surface area contributed by atoms with E-state index in [4.69, 9.17) is 0 Å². The maximum Gasteiger partial charge on any atom is 0.225 e. The van der Waals surface area contributed by atoms with E-state index in [-0.39, 0.29) is 0 Å². The quantitative estimate of drug-likeness (QED) is 0.643. The molecule has 1 aliphatic carbocycles. The van der Waals surface area contributed by atoms with Crippen molar-refractivity contribution in [2.24, 2.45) is 11.3 Å². The highest BCUT2D eigenvalue weighted by atomic mass is 16.2. The molecule has 0 aliphatic heterocycles. The summed E-state index contributed by atoms with van der Waals surface area (Å²) in [5.41, 5.74) is 0.401. The first-order chi connectivity index (χ1) is 5.83. The number of hydrogen-bond acceptors (Lipinski definition) is 1. The van der Waals surface area contributed by atoms with Gasteiger partial charge in [0.1, 0.15) is 0 Å². The number of carbonyl (C=O) groups is 1. The minimum Gasteiger partial charge on any atom is -0.343 e. The molecule has 0 aromatic carbocycles. The molecule has 2 heteroatoms. The normalized spacial score (nSPS) is 21.4. The molecule has 0 atom stereocenters. The minimum absolute atomic E-state index is 0.294. The van der Waals surface area contributed by atoms with Crippen molar-refractivity contribution in [2.75, 3.05) is 7.05 Å². The molecule has 0 N–H and O–H groups in total. The number of hydrogen-bond donors (Lipinski definition) is 0. The highest BCUT2D eigenvalue weighted by Gasteiger charge is 2.41. The van der Waals surface area contributed by atoms with Crippen LogP contribution in [-0.4, -0.2) is 23.9 Å². The average Bonchev–Trinajstić information content (AvgIpc) is 1.97. The molecule has 0 unspecified atom stereocenters. The van der Waals surface area contributed by atoms with Crippen LogP contribution in [0.2, 0.25) is 0 Å². The topological polar surface area (TPSA) is 20.3 Å². The number of rotatable bonds is 2. The van der Waals surface area contributed by atoms with Crippen LogP contribution in [0.1, 0.15) is 40.5 Å². The first-order valence-corrected chi connectivity index (χ1v) is 5.10. The third-order valence-electron chi connectivity index (χ3n) is 3.07. The lowest BCUT2D eigenvalue weighted by Crippen LogP contribution is -2.45. The predicted molar refractivity (Wildman–Crippen MR) is 54.4 cm³/mol. The molecule has 1 saturated carbocycles. The zero-order valence-corrected chi connectivity index (χ0v) is 9.42. The fourth-order valence-corrected chi connectivity index (χ4v) is 1.99. The second kappa shape index (κ2) is 3.32. The molecule has 0 bridgehead atoms. The Morgan fingerprint density at radius 2 is 1.85 bits per heavy atom. The summed E-state index contributed by atoms with van der Waals surface area (Å²) in [4.78, 5) is 13.6. The van der Waals surface area contributed by atoms with E-state index in [9.17, 15) is 4.79 Å². The van der Waals surface area contributed by atoms with Gasteiger partial charge in [-0.2, -0.15) is 0 Å². The average molecular weight is 183 g/mol. The molecule has 1 aliphatic rings. The fraction of sp³-hybridized carbons (Fsp3) is 0.909. The number of amides is 1. The van der Waals surface area contributed by atoms with Crippen molar-refractivity contribution < 1.29 is 4.79 Å². The van der Waals surface area contributed by atoms with Crippen molar-refractivity contribution in [1.29, 1.82) is 0 Å².